The summed E-state index contributed by atoms with van der Waals surface area (Å²) < 4.78 is 29.6. The number of rotatable bonds is 5. The molecule has 2 aliphatic carbocycles. The van der Waals surface area contributed by atoms with Crippen LogP contribution in [0.25, 0.3) is 0 Å². The summed E-state index contributed by atoms with van der Waals surface area (Å²) in [4.78, 5) is 0. The van der Waals surface area contributed by atoms with Gasteiger partial charge in [0.25, 0.3) is 10.1 Å². The number of fused-ring (bicyclic) bond motifs is 2. The van der Waals surface area contributed by atoms with Gasteiger partial charge in [-0.3, -0.25) is 4.55 Å². The number of hydrogen-bond acceptors (Lipinski definition) is 4. The third-order valence-corrected chi connectivity index (χ3v) is 4.56. The Kier molecular flexibility index (Phi) is 3.53. The second-order valence-electron chi connectivity index (χ2n) is 5.09. The Balaban J connectivity index is 1.72. The maximum atomic E-state index is 10.5. The molecule has 0 aromatic heterocycles. The van der Waals surface area contributed by atoms with Gasteiger partial charge in [0.1, 0.15) is 5.75 Å². The third-order valence-electron chi connectivity index (χ3n) is 3.76. The van der Waals surface area contributed by atoms with E-state index >= 15 is 0 Å². The zero-order chi connectivity index (χ0) is 11.8. The van der Waals surface area contributed by atoms with Crippen molar-refractivity contribution >= 4 is 10.1 Å². The van der Waals surface area contributed by atoms with Gasteiger partial charge < -0.3 is 10.4 Å². The molecule has 94 valence electrons. The van der Waals surface area contributed by atoms with E-state index < -0.39 is 22.0 Å². The first-order valence-electron chi connectivity index (χ1n) is 5.80. The molecule has 2 saturated carbocycles. The molecule has 4 atom stereocenters. The largest absolute Gasteiger partial charge is 0.391 e. The molecule has 2 bridgehead atoms. The fraction of sp³-hybridized carbons (Fsp3) is 1.00. The highest BCUT2D eigenvalue weighted by Crippen LogP contribution is 2.44. The van der Waals surface area contributed by atoms with E-state index in [1.807, 2.05) is 0 Å². The third kappa shape index (κ3) is 3.16. The summed E-state index contributed by atoms with van der Waals surface area (Å²) in [6, 6.07) is 0.426. The van der Waals surface area contributed by atoms with Crippen LogP contribution in [0.5, 0.6) is 0 Å². The summed E-state index contributed by atoms with van der Waals surface area (Å²) in [5.74, 6) is 0.935. The monoisotopic (exact) mass is 249 g/mol. The van der Waals surface area contributed by atoms with Crippen molar-refractivity contribution in [3.8, 4) is 0 Å². The molecule has 6 heteroatoms. The van der Waals surface area contributed by atoms with Crippen LogP contribution in [0.2, 0.25) is 0 Å². The van der Waals surface area contributed by atoms with Crippen molar-refractivity contribution in [1.29, 1.82) is 0 Å². The van der Waals surface area contributed by atoms with Crippen LogP contribution in [-0.2, 0) is 10.1 Å². The van der Waals surface area contributed by atoms with Crippen molar-refractivity contribution < 1.29 is 18.1 Å². The molecule has 0 amide bonds. The van der Waals surface area contributed by atoms with Crippen molar-refractivity contribution in [1.82, 2.24) is 5.32 Å². The molecule has 16 heavy (non-hydrogen) atoms. The van der Waals surface area contributed by atoms with E-state index in [0.717, 1.165) is 12.3 Å². The van der Waals surface area contributed by atoms with Gasteiger partial charge in [-0.05, 0) is 31.1 Å². The lowest BCUT2D eigenvalue weighted by atomic mass is 9.95. The first-order chi connectivity index (χ1) is 7.44. The first-order valence-corrected chi connectivity index (χ1v) is 7.41. The molecule has 5 nitrogen and oxygen atoms in total. The van der Waals surface area contributed by atoms with Gasteiger partial charge in [0, 0.05) is 12.6 Å². The minimum absolute atomic E-state index is 0.244. The normalized spacial score (nSPS) is 35.5. The average molecular weight is 249 g/mol. The zero-order valence-corrected chi connectivity index (χ0v) is 9.99. The maximum absolute atomic E-state index is 10.5. The van der Waals surface area contributed by atoms with E-state index in [1.54, 1.807) is 0 Å². The topological polar surface area (TPSA) is 86.6 Å². The van der Waals surface area contributed by atoms with Gasteiger partial charge >= 0.3 is 0 Å². The lowest BCUT2D eigenvalue weighted by Crippen LogP contribution is -2.40. The quantitative estimate of drug-likeness (QED) is 0.598. The van der Waals surface area contributed by atoms with Crippen LogP contribution in [0.1, 0.15) is 25.7 Å². The Labute approximate surface area is 96.0 Å². The number of hydrogen-bond donors (Lipinski definition) is 3. The highest BCUT2D eigenvalue weighted by molar-refractivity contribution is 7.85. The van der Waals surface area contributed by atoms with Crippen molar-refractivity contribution in [3.63, 3.8) is 0 Å². The Hall–Kier alpha value is -0.170. The highest BCUT2D eigenvalue weighted by Gasteiger charge is 2.39. The van der Waals surface area contributed by atoms with Crippen LogP contribution in [0.4, 0.5) is 0 Å². The van der Waals surface area contributed by atoms with Gasteiger partial charge in [0.2, 0.25) is 0 Å². The molecule has 4 unspecified atom stereocenters. The number of aliphatic hydroxyl groups is 1. The predicted octanol–water partition coefficient (Wildman–Crippen LogP) is 0.0133. The summed E-state index contributed by atoms with van der Waals surface area (Å²) in [6.07, 6.45) is 3.96. The fourth-order valence-electron chi connectivity index (χ4n) is 3.08. The van der Waals surface area contributed by atoms with E-state index in [9.17, 15) is 13.5 Å². The summed E-state index contributed by atoms with van der Waals surface area (Å²) in [5.41, 5.74) is 0. The Morgan fingerprint density at radius 2 is 2.06 bits per heavy atom. The minimum Gasteiger partial charge on any atom is -0.391 e. The molecular formula is C10H19NO4S. The molecule has 2 fully saturated rings. The number of aliphatic hydroxyl groups excluding tert-OH is 1. The Morgan fingerprint density at radius 1 is 1.31 bits per heavy atom. The second kappa shape index (κ2) is 4.60. The van der Waals surface area contributed by atoms with Gasteiger partial charge in [0.05, 0.1) is 6.10 Å². The molecule has 0 spiro atoms. The predicted molar refractivity (Wildman–Crippen MR) is 59.7 cm³/mol. The highest BCUT2D eigenvalue weighted by atomic mass is 32.2. The maximum Gasteiger partial charge on any atom is 0.267 e. The van der Waals surface area contributed by atoms with Gasteiger partial charge in [-0.15, -0.1) is 0 Å². The van der Waals surface area contributed by atoms with E-state index in [4.69, 9.17) is 4.55 Å². The molecule has 0 radical (unpaired) electrons. The van der Waals surface area contributed by atoms with Crippen molar-refractivity contribution in [2.24, 2.45) is 11.8 Å². The summed E-state index contributed by atoms with van der Waals surface area (Å²) >= 11 is 0. The summed E-state index contributed by atoms with van der Waals surface area (Å²) in [5, 5.41) is 12.6. The van der Waals surface area contributed by atoms with Crippen molar-refractivity contribution in [2.75, 3.05) is 12.3 Å². The zero-order valence-electron chi connectivity index (χ0n) is 9.17. The van der Waals surface area contributed by atoms with E-state index in [1.165, 1.54) is 19.3 Å². The molecule has 2 rings (SSSR count). The molecule has 2 aliphatic rings. The van der Waals surface area contributed by atoms with E-state index in [0.29, 0.717) is 12.0 Å². The van der Waals surface area contributed by atoms with Crippen LogP contribution in [0.3, 0.4) is 0 Å². The fourth-order valence-corrected chi connectivity index (χ4v) is 3.69. The van der Waals surface area contributed by atoms with Crippen LogP contribution in [-0.4, -0.2) is 42.5 Å². The smallest absolute Gasteiger partial charge is 0.267 e. The Bertz CT molecular complexity index is 343. The molecule has 0 aromatic carbocycles. The molecule has 3 N–H and O–H groups in total. The second-order valence-corrected chi connectivity index (χ2v) is 6.59. The average Bonchev–Trinajstić information content (AvgIpc) is 2.72. The van der Waals surface area contributed by atoms with Gasteiger partial charge in [-0.1, -0.05) is 6.42 Å². The molecule has 0 aliphatic heterocycles. The SMILES string of the molecule is O=S(=O)(O)CC(O)CNC1CC2CCC1C2. The first kappa shape index (κ1) is 12.3. The van der Waals surface area contributed by atoms with Crippen molar-refractivity contribution in [2.45, 2.75) is 37.8 Å². The molecular weight excluding hydrogens is 230 g/mol. The van der Waals surface area contributed by atoms with Gasteiger partial charge in [0.15, 0.2) is 0 Å². The van der Waals surface area contributed by atoms with E-state index in [-0.39, 0.29) is 6.54 Å². The van der Waals surface area contributed by atoms with E-state index in [2.05, 4.69) is 5.32 Å². The number of nitrogens with one attached hydrogen (secondary N) is 1. The van der Waals surface area contributed by atoms with Crippen molar-refractivity contribution in [3.05, 3.63) is 0 Å². The van der Waals surface area contributed by atoms with Crippen LogP contribution < -0.4 is 5.32 Å². The lowest BCUT2D eigenvalue weighted by molar-refractivity contribution is 0.179. The summed E-state index contributed by atoms with van der Waals surface area (Å²) in [6.45, 7) is 0.244. The molecule has 0 aromatic rings. The van der Waals surface area contributed by atoms with Crippen LogP contribution in [0.15, 0.2) is 0 Å². The van der Waals surface area contributed by atoms with Gasteiger partial charge in [-0.25, -0.2) is 0 Å². The van der Waals surface area contributed by atoms with Gasteiger partial charge in [-0.2, -0.15) is 8.42 Å². The lowest BCUT2D eigenvalue weighted by Gasteiger charge is -2.24. The summed E-state index contributed by atoms with van der Waals surface area (Å²) in [7, 11) is -4.07. The standard InChI is InChI=1S/C10H19NO4S/c12-9(6-16(13,14)15)5-11-10-4-7-1-2-8(10)3-7/h7-12H,1-6H2,(H,13,14,15). The Morgan fingerprint density at radius 3 is 2.56 bits per heavy atom. The van der Waals surface area contributed by atoms with Crippen LogP contribution in [0, 0.1) is 11.8 Å². The van der Waals surface area contributed by atoms with Crippen LogP contribution >= 0.6 is 0 Å². The minimum atomic E-state index is -4.07. The molecule has 0 heterocycles. The molecule has 0 saturated heterocycles.